The first-order valence-corrected chi connectivity index (χ1v) is 5.94. The zero-order valence-corrected chi connectivity index (χ0v) is 11.1. The molecule has 0 atom stereocenters. The van der Waals surface area contributed by atoms with Gasteiger partial charge in [0.15, 0.2) is 5.75 Å². The molecular formula is C12H8BrN3O3. The Labute approximate surface area is 116 Å². The first-order valence-electron chi connectivity index (χ1n) is 5.15. The van der Waals surface area contributed by atoms with Gasteiger partial charge in [0.1, 0.15) is 0 Å². The molecular weight excluding hydrogens is 314 g/mol. The number of rotatable bonds is 4. The summed E-state index contributed by atoms with van der Waals surface area (Å²) in [4.78, 5) is 22.2. The Bertz CT molecular complexity index is 614. The van der Waals surface area contributed by atoms with E-state index in [9.17, 15) is 4.79 Å². The Hall–Kier alpha value is -2.28. The van der Waals surface area contributed by atoms with Crippen LogP contribution in [0.25, 0.3) is 6.08 Å². The van der Waals surface area contributed by atoms with Crippen molar-refractivity contribution in [1.29, 1.82) is 0 Å². The molecule has 2 heterocycles. The standard InChI is InChI=1S/C12H8BrN3O3/c13-9-3-10(7-14-6-9)19-12-15-4-8(5-16-12)1-2-11(17)18/h1-7H,(H,17,18)/b2-1+. The number of carboxylic acid groups (broad SMARTS) is 1. The Morgan fingerprint density at radius 1 is 1.26 bits per heavy atom. The molecule has 0 saturated carbocycles. The van der Waals surface area contributed by atoms with E-state index >= 15 is 0 Å². The molecule has 0 fully saturated rings. The summed E-state index contributed by atoms with van der Waals surface area (Å²) in [6.07, 6.45) is 8.50. The molecule has 6 nitrogen and oxygen atoms in total. The topological polar surface area (TPSA) is 85.2 Å². The number of aromatic nitrogens is 3. The number of ether oxygens (including phenoxy) is 1. The lowest BCUT2D eigenvalue weighted by Crippen LogP contribution is -1.93. The smallest absolute Gasteiger partial charge is 0.328 e. The molecule has 7 heteroatoms. The molecule has 0 bridgehead atoms. The first-order chi connectivity index (χ1) is 9.13. The molecule has 0 amide bonds. The summed E-state index contributed by atoms with van der Waals surface area (Å²) in [6.45, 7) is 0. The van der Waals surface area contributed by atoms with Crippen molar-refractivity contribution in [3.05, 3.63) is 47.0 Å². The van der Waals surface area contributed by atoms with E-state index in [-0.39, 0.29) is 6.01 Å². The zero-order valence-electron chi connectivity index (χ0n) is 9.52. The van der Waals surface area contributed by atoms with Crippen molar-refractivity contribution in [2.75, 3.05) is 0 Å². The van der Waals surface area contributed by atoms with Crippen LogP contribution in [0.15, 0.2) is 41.4 Å². The summed E-state index contributed by atoms with van der Waals surface area (Å²) < 4.78 is 6.17. The van der Waals surface area contributed by atoms with E-state index in [4.69, 9.17) is 9.84 Å². The third-order valence-corrected chi connectivity index (χ3v) is 2.39. The quantitative estimate of drug-likeness (QED) is 0.871. The summed E-state index contributed by atoms with van der Waals surface area (Å²) in [5.74, 6) is -0.524. The summed E-state index contributed by atoms with van der Waals surface area (Å²) >= 11 is 3.27. The molecule has 2 rings (SSSR count). The Morgan fingerprint density at radius 3 is 2.63 bits per heavy atom. The van der Waals surface area contributed by atoms with Gasteiger partial charge in [-0.1, -0.05) is 0 Å². The molecule has 0 spiro atoms. The number of carbonyl (C=O) groups is 1. The van der Waals surface area contributed by atoms with Gasteiger partial charge in [-0.15, -0.1) is 0 Å². The number of pyridine rings is 1. The Balaban J connectivity index is 2.08. The number of hydrogen-bond donors (Lipinski definition) is 1. The van der Waals surface area contributed by atoms with Crippen LogP contribution < -0.4 is 4.74 Å². The van der Waals surface area contributed by atoms with Gasteiger partial charge in [-0.3, -0.25) is 4.98 Å². The minimum absolute atomic E-state index is 0.160. The third kappa shape index (κ3) is 4.14. The lowest BCUT2D eigenvalue weighted by atomic mass is 10.3. The normalized spacial score (nSPS) is 10.6. The van der Waals surface area contributed by atoms with Gasteiger partial charge in [0.05, 0.1) is 6.20 Å². The van der Waals surface area contributed by atoms with Crippen molar-refractivity contribution in [3.8, 4) is 11.8 Å². The number of halogens is 1. The minimum Gasteiger partial charge on any atom is -0.478 e. The highest BCUT2D eigenvalue weighted by molar-refractivity contribution is 9.10. The second-order valence-corrected chi connectivity index (χ2v) is 4.33. The van der Waals surface area contributed by atoms with Crippen LogP contribution >= 0.6 is 15.9 Å². The first kappa shape index (κ1) is 13.2. The van der Waals surface area contributed by atoms with E-state index in [0.717, 1.165) is 10.5 Å². The largest absolute Gasteiger partial charge is 0.478 e. The molecule has 0 saturated heterocycles. The number of aliphatic carboxylic acids is 1. The van der Waals surface area contributed by atoms with Crippen molar-refractivity contribution in [2.24, 2.45) is 0 Å². The number of nitrogens with zero attached hydrogens (tertiary/aromatic N) is 3. The molecule has 0 radical (unpaired) electrons. The predicted octanol–water partition coefficient (Wildman–Crippen LogP) is 2.52. The summed E-state index contributed by atoms with van der Waals surface area (Å²) in [5, 5.41) is 8.49. The molecule has 1 N–H and O–H groups in total. The highest BCUT2D eigenvalue weighted by atomic mass is 79.9. The monoisotopic (exact) mass is 321 g/mol. The maximum absolute atomic E-state index is 10.3. The summed E-state index contributed by atoms with van der Waals surface area (Å²) in [6, 6.07) is 1.89. The summed E-state index contributed by atoms with van der Waals surface area (Å²) in [7, 11) is 0. The molecule has 96 valence electrons. The van der Waals surface area contributed by atoms with E-state index in [1.165, 1.54) is 24.7 Å². The molecule has 0 unspecified atom stereocenters. The van der Waals surface area contributed by atoms with E-state index in [2.05, 4.69) is 30.9 Å². The van der Waals surface area contributed by atoms with Gasteiger partial charge in [-0.2, -0.15) is 0 Å². The molecule has 0 aliphatic heterocycles. The highest BCUT2D eigenvalue weighted by Crippen LogP contribution is 2.20. The zero-order chi connectivity index (χ0) is 13.7. The van der Waals surface area contributed by atoms with Crippen molar-refractivity contribution in [2.45, 2.75) is 0 Å². The van der Waals surface area contributed by atoms with Crippen molar-refractivity contribution in [1.82, 2.24) is 15.0 Å². The number of hydrogen-bond acceptors (Lipinski definition) is 5. The molecule has 0 aliphatic rings. The van der Waals surface area contributed by atoms with Crippen LogP contribution in [0.1, 0.15) is 5.56 Å². The Morgan fingerprint density at radius 2 is 2.00 bits per heavy atom. The molecule has 0 aliphatic carbocycles. The minimum atomic E-state index is -1.03. The predicted molar refractivity (Wildman–Crippen MR) is 70.7 cm³/mol. The van der Waals surface area contributed by atoms with Crippen LogP contribution in [0.5, 0.6) is 11.8 Å². The maximum atomic E-state index is 10.3. The van der Waals surface area contributed by atoms with Crippen LogP contribution in [-0.2, 0) is 4.79 Å². The lowest BCUT2D eigenvalue weighted by molar-refractivity contribution is -0.131. The molecule has 2 aromatic heterocycles. The van der Waals surface area contributed by atoms with Crippen LogP contribution in [0.4, 0.5) is 0 Å². The van der Waals surface area contributed by atoms with E-state index in [1.807, 2.05) is 0 Å². The average molecular weight is 322 g/mol. The molecule has 19 heavy (non-hydrogen) atoms. The van der Waals surface area contributed by atoms with Crippen molar-refractivity contribution in [3.63, 3.8) is 0 Å². The van der Waals surface area contributed by atoms with Gasteiger partial charge >= 0.3 is 12.0 Å². The molecule has 2 aromatic rings. The van der Waals surface area contributed by atoms with Crippen LogP contribution in [0.2, 0.25) is 0 Å². The fourth-order valence-electron chi connectivity index (χ4n) is 1.19. The van der Waals surface area contributed by atoms with E-state index < -0.39 is 5.97 Å². The highest BCUT2D eigenvalue weighted by Gasteiger charge is 2.01. The van der Waals surface area contributed by atoms with Crippen molar-refractivity contribution >= 4 is 28.0 Å². The second-order valence-electron chi connectivity index (χ2n) is 3.41. The van der Waals surface area contributed by atoms with Crippen molar-refractivity contribution < 1.29 is 14.6 Å². The fraction of sp³-hybridized carbons (Fsp3) is 0. The van der Waals surface area contributed by atoms with Gasteiger partial charge in [-0.25, -0.2) is 14.8 Å². The van der Waals surface area contributed by atoms with Crippen LogP contribution in [0.3, 0.4) is 0 Å². The van der Waals surface area contributed by atoms with Gasteiger partial charge in [0.25, 0.3) is 0 Å². The Kier molecular flexibility index (Phi) is 4.19. The fourth-order valence-corrected chi connectivity index (χ4v) is 1.53. The molecule has 0 aromatic carbocycles. The SMILES string of the molecule is O=C(O)/C=C/c1cnc(Oc2cncc(Br)c2)nc1. The van der Waals surface area contributed by atoms with Crippen LogP contribution in [0, 0.1) is 0 Å². The summed E-state index contributed by atoms with van der Waals surface area (Å²) in [5.41, 5.74) is 0.571. The van der Waals surface area contributed by atoms with Gasteiger partial charge < -0.3 is 9.84 Å². The average Bonchev–Trinajstić information content (AvgIpc) is 2.38. The maximum Gasteiger partial charge on any atom is 0.328 e. The van der Waals surface area contributed by atoms with Gasteiger partial charge in [0.2, 0.25) is 0 Å². The van der Waals surface area contributed by atoms with Gasteiger partial charge in [0, 0.05) is 34.7 Å². The second kappa shape index (κ2) is 6.05. The van der Waals surface area contributed by atoms with E-state index in [0.29, 0.717) is 11.3 Å². The van der Waals surface area contributed by atoms with Gasteiger partial charge in [-0.05, 0) is 28.1 Å². The lowest BCUT2D eigenvalue weighted by Gasteiger charge is -2.03. The van der Waals surface area contributed by atoms with Crippen LogP contribution in [-0.4, -0.2) is 26.0 Å². The van der Waals surface area contributed by atoms with E-state index in [1.54, 1.807) is 12.3 Å². The third-order valence-electron chi connectivity index (χ3n) is 1.96. The number of carboxylic acids is 1.